The maximum atomic E-state index is 5.99. The second-order valence-corrected chi connectivity index (χ2v) is 5.13. The molecule has 0 fully saturated rings. The molecular formula is C14H21Cl2NO. The lowest BCUT2D eigenvalue weighted by molar-refractivity contribution is 0.131. The fraction of sp³-hybridized carbons (Fsp3) is 0.571. The third-order valence-electron chi connectivity index (χ3n) is 2.78. The molecule has 0 aromatic heterocycles. The molecule has 0 radical (unpaired) electrons. The Morgan fingerprint density at radius 3 is 2.67 bits per heavy atom. The molecule has 2 nitrogen and oxygen atoms in total. The predicted molar refractivity (Wildman–Crippen MR) is 78.6 cm³/mol. The molecule has 1 N–H and O–H groups in total. The molecule has 0 aliphatic heterocycles. The van der Waals surface area contributed by atoms with E-state index >= 15 is 0 Å². The molecule has 102 valence electrons. The van der Waals surface area contributed by atoms with Crippen LogP contribution in [0.15, 0.2) is 18.2 Å². The number of unbranched alkanes of at least 4 members (excludes halogenated alkanes) is 1. The van der Waals surface area contributed by atoms with Gasteiger partial charge in [0.1, 0.15) is 0 Å². The Labute approximate surface area is 120 Å². The highest BCUT2D eigenvalue weighted by Gasteiger charge is 2.06. The van der Waals surface area contributed by atoms with Crippen LogP contribution < -0.4 is 5.32 Å². The van der Waals surface area contributed by atoms with Gasteiger partial charge in [0.05, 0.1) is 16.7 Å². The van der Waals surface area contributed by atoms with E-state index < -0.39 is 0 Å². The zero-order valence-corrected chi connectivity index (χ0v) is 12.5. The van der Waals surface area contributed by atoms with E-state index in [0.717, 1.165) is 31.7 Å². The largest absolute Gasteiger partial charge is 0.380 e. The average molecular weight is 290 g/mol. The minimum Gasteiger partial charge on any atom is -0.380 e. The number of rotatable bonds is 8. The van der Waals surface area contributed by atoms with Crippen LogP contribution in [0.2, 0.25) is 10.0 Å². The predicted octanol–water partition coefficient (Wildman–Crippen LogP) is 4.46. The normalized spacial score (nSPS) is 12.7. The lowest BCUT2D eigenvalue weighted by Crippen LogP contribution is -2.23. The van der Waals surface area contributed by atoms with Crippen LogP contribution in [-0.2, 0) is 4.74 Å². The van der Waals surface area contributed by atoms with Crippen molar-refractivity contribution in [1.29, 1.82) is 0 Å². The van der Waals surface area contributed by atoms with E-state index in [4.69, 9.17) is 27.9 Å². The summed E-state index contributed by atoms with van der Waals surface area (Å²) < 4.78 is 5.49. The molecule has 0 aliphatic rings. The van der Waals surface area contributed by atoms with Gasteiger partial charge in [0.15, 0.2) is 0 Å². The van der Waals surface area contributed by atoms with E-state index in [9.17, 15) is 0 Å². The molecule has 1 rings (SSSR count). The van der Waals surface area contributed by atoms with Crippen LogP contribution in [0.1, 0.15) is 38.3 Å². The Hall–Kier alpha value is -0.280. The molecule has 0 heterocycles. The Morgan fingerprint density at radius 1 is 1.22 bits per heavy atom. The van der Waals surface area contributed by atoms with Crippen molar-refractivity contribution in [3.05, 3.63) is 33.8 Å². The first-order chi connectivity index (χ1) is 8.65. The van der Waals surface area contributed by atoms with Gasteiger partial charge < -0.3 is 10.1 Å². The van der Waals surface area contributed by atoms with Crippen molar-refractivity contribution in [2.45, 2.75) is 32.7 Å². The van der Waals surface area contributed by atoms with Crippen LogP contribution in [0.25, 0.3) is 0 Å². The van der Waals surface area contributed by atoms with Gasteiger partial charge in [-0.15, -0.1) is 0 Å². The Balaban J connectivity index is 2.27. The van der Waals surface area contributed by atoms with Crippen molar-refractivity contribution in [3.8, 4) is 0 Å². The van der Waals surface area contributed by atoms with E-state index in [-0.39, 0.29) is 6.04 Å². The van der Waals surface area contributed by atoms with Crippen molar-refractivity contribution >= 4 is 23.2 Å². The summed E-state index contributed by atoms with van der Waals surface area (Å²) in [7, 11) is 0. The highest BCUT2D eigenvalue weighted by Crippen LogP contribution is 2.25. The molecule has 0 bridgehead atoms. The van der Waals surface area contributed by atoms with Gasteiger partial charge in [-0.1, -0.05) is 42.6 Å². The highest BCUT2D eigenvalue weighted by atomic mass is 35.5. The van der Waals surface area contributed by atoms with Gasteiger partial charge in [-0.05, 0) is 31.0 Å². The van der Waals surface area contributed by atoms with E-state index in [1.165, 1.54) is 6.42 Å². The van der Waals surface area contributed by atoms with Crippen LogP contribution in [0.4, 0.5) is 0 Å². The SMILES string of the molecule is CCCCOCCNC(C)c1ccc(Cl)c(Cl)c1. The smallest absolute Gasteiger partial charge is 0.0595 e. The summed E-state index contributed by atoms with van der Waals surface area (Å²) in [6.07, 6.45) is 2.30. The number of hydrogen-bond acceptors (Lipinski definition) is 2. The van der Waals surface area contributed by atoms with Gasteiger partial charge in [0.2, 0.25) is 0 Å². The number of nitrogens with one attached hydrogen (secondary N) is 1. The summed E-state index contributed by atoms with van der Waals surface area (Å²) >= 11 is 11.9. The van der Waals surface area contributed by atoms with Crippen LogP contribution in [0, 0.1) is 0 Å². The van der Waals surface area contributed by atoms with Crippen molar-refractivity contribution in [3.63, 3.8) is 0 Å². The molecule has 0 spiro atoms. The average Bonchev–Trinajstić information content (AvgIpc) is 2.36. The second-order valence-electron chi connectivity index (χ2n) is 4.32. The maximum absolute atomic E-state index is 5.99. The summed E-state index contributed by atoms with van der Waals surface area (Å²) in [6, 6.07) is 5.97. The van der Waals surface area contributed by atoms with Gasteiger partial charge >= 0.3 is 0 Å². The van der Waals surface area contributed by atoms with E-state index in [1.54, 1.807) is 0 Å². The van der Waals surface area contributed by atoms with Gasteiger partial charge in [0.25, 0.3) is 0 Å². The molecule has 1 unspecified atom stereocenters. The van der Waals surface area contributed by atoms with E-state index in [2.05, 4.69) is 19.2 Å². The van der Waals surface area contributed by atoms with E-state index in [1.807, 2.05) is 18.2 Å². The molecule has 0 aliphatic carbocycles. The number of hydrogen-bond donors (Lipinski definition) is 1. The van der Waals surface area contributed by atoms with Crippen LogP contribution >= 0.6 is 23.2 Å². The zero-order valence-electron chi connectivity index (χ0n) is 11.0. The maximum Gasteiger partial charge on any atom is 0.0595 e. The fourth-order valence-electron chi connectivity index (χ4n) is 1.60. The fourth-order valence-corrected chi connectivity index (χ4v) is 1.90. The van der Waals surface area contributed by atoms with Crippen molar-refractivity contribution in [2.75, 3.05) is 19.8 Å². The summed E-state index contributed by atoms with van der Waals surface area (Å²) in [6.45, 7) is 6.69. The number of ether oxygens (including phenoxy) is 1. The first-order valence-electron chi connectivity index (χ1n) is 6.41. The lowest BCUT2D eigenvalue weighted by Gasteiger charge is -2.15. The van der Waals surface area contributed by atoms with Gasteiger partial charge in [0, 0.05) is 19.2 Å². The Kier molecular flexibility index (Phi) is 7.68. The van der Waals surface area contributed by atoms with E-state index in [0.29, 0.717) is 10.0 Å². The quantitative estimate of drug-likeness (QED) is 0.714. The molecule has 0 amide bonds. The third-order valence-corrected chi connectivity index (χ3v) is 3.52. The highest BCUT2D eigenvalue weighted by molar-refractivity contribution is 6.42. The number of benzene rings is 1. The van der Waals surface area contributed by atoms with Crippen molar-refractivity contribution in [2.24, 2.45) is 0 Å². The lowest BCUT2D eigenvalue weighted by atomic mass is 10.1. The molecule has 1 aromatic carbocycles. The molecule has 1 atom stereocenters. The van der Waals surface area contributed by atoms with Gasteiger partial charge in [-0.3, -0.25) is 0 Å². The molecule has 18 heavy (non-hydrogen) atoms. The monoisotopic (exact) mass is 289 g/mol. The number of halogens is 2. The minimum atomic E-state index is 0.245. The molecule has 1 aromatic rings. The van der Waals surface area contributed by atoms with Gasteiger partial charge in [-0.2, -0.15) is 0 Å². The third kappa shape index (κ3) is 5.57. The molecule has 0 saturated heterocycles. The Bertz CT molecular complexity index is 358. The minimum absolute atomic E-state index is 0.245. The zero-order chi connectivity index (χ0) is 13.4. The summed E-state index contributed by atoms with van der Waals surface area (Å²) in [5, 5.41) is 4.59. The first kappa shape index (κ1) is 15.8. The van der Waals surface area contributed by atoms with Gasteiger partial charge in [-0.25, -0.2) is 0 Å². The van der Waals surface area contributed by atoms with Crippen molar-refractivity contribution in [1.82, 2.24) is 5.32 Å². The van der Waals surface area contributed by atoms with Crippen molar-refractivity contribution < 1.29 is 4.74 Å². The van der Waals surface area contributed by atoms with Crippen LogP contribution in [0.3, 0.4) is 0 Å². The summed E-state index contributed by atoms with van der Waals surface area (Å²) in [4.78, 5) is 0. The summed E-state index contributed by atoms with van der Waals surface area (Å²) in [5.41, 5.74) is 1.14. The first-order valence-corrected chi connectivity index (χ1v) is 7.16. The molecule has 4 heteroatoms. The Morgan fingerprint density at radius 2 is 2.00 bits per heavy atom. The summed E-state index contributed by atoms with van der Waals surface area (Å²) in [5.74, 6) is 0. The molecular weight excluding hydrogens is 269 g/mol. The van der Waals surface area contributed by atoms with Crippen LogP contribution in [0.5, 0.6) is 0 Å². The van der Waals surface area contributed by atoms with Crippen LogP contribution in [-0.4, -0.2) is 19.8 Å². The molecule has 0 saturated carbocycles. The second kappa shape index (κ2) is 8.76. The topological polar surface area (TPSA) is 21.3 Å². The standard InChI is InChI=1S/C14H21Cl2NO/c1-3-4-8-18-9-7-17-11(2)12-5-6-13(15)14(16)10-12/h5-6,10-11,17H,3-4,7-9H2,1-2H3.